The molecule has 0 fully saturated rings. The molecule has 0 bridgehead atoms. The Hall–Kier alpha value is -3.24. The third-order valence-corrected chi connectivity index (χ3v) is 7.57. The molecule has 3 aromatic carbocycles. The van der Waals surface area contributed by atoms with Gasteiger partial charge in [0.05, 0.1) is 11.9 Å². The fraction of sp³-hybridized carbons (Fsp3) is 0.286. The van der Waals surface area contributed by atoms with E-state index in [4.69, 9.17) is 0 Å². The zero-order chi connectivity index (χ0) is 27.9. The summed E-state index contributed by atoms with van der Waals surface area (Å²) in [5.41, 5.74) is 1.73. The minimum Gasteiger partial charge on any atom is -0.352 e. The van der Waals surface area contributed by atoms with Crippen molar-refractivity contribution in [3.8, 4) is 0 Å². The number of carbonyl (C=O) groups excluding carboxylic acids is 2. The van der Waals surface area contributed by atoms with Crippen molar-refractivity contribution in [2.75, 3.05) is 17.1 Å². The summed E-state index contributed by atoms with van der Waals surface area (Å²) in [6.07, 6.45) is 1.23. The highest BCUT2D eigenvalue weighted by atomic mass is 79.9. The molecule has 0 aliphatic carbocycles. The maximum absolute atomic E-state index is 13.9. The molecule has 0 spiro atoms. The molecule has 3 rings (SSSR count). The maximum Gasteiger partial charge on any atom is 0.244 e. The van der Waals surface area contributed by atoms with Gasteiger partial charge < -0.3 is 10.2 Å². The van der Waals surface area contributed by atoms with Crippen LogP contribution in [0.4, 0.5) is 10.1 Å². The number of hydrogen-bond acceptors (Lipinski definition) is 4. The lowest BCUT2D eigenvalue weighted by molar-refractivity contribution is -0.140. The summed E-state index contributed by atoms with van der Waals surface area (Å²) >= 11 is 3.37. The molecule has 0 aliphatic rings. The van der Waals surface area contributed by atoms with Crippen molar-refractivity contribution in [1.82, 2.24) is 10.2 Å². The second-order valence-electron chi connectivity index (χ2n) is 9.24. The standard InChI is InChI=1S/C28H31BrFN3O4S/c1-20(2)31-28(35)26(17-21-9-5-4-6-10-21)32(18-22-13-15-23(30)16-14-22)27(34)19-33(38(3,36)37)25-12-8-7-11-24(25)29/h4-16,20,26H,17-19H2,1-3H3,(H,31,35). The lowest BCUT2D eigenvalue weighted by Gasteiger charge is -2.34. The number of rotatable bonds is 11. The number of amides is 2. The van der Waals surface area contributed by atoms with Gasteiger partial charge in [0.25, 0.3) is 0 Å². The zero-order valence-corrected chi connectivity index (χ0v) is 23.9. The van der Waals surface area contributed by atoms with Gasteiger partial charge in [0.15, 0.2) is 0 Å². The van der Waals surface area contributed by atoms with E-state index in [1.165, 1.54) is 29.2 Å². The normalized spacial score (nSPS) is 12.2. The summed E-state index contributed by atoms with van der Waals surface area (Å²) in [6.45, 7) is 3.10. The Balaban J connectivity index is 2.06. The Morgan fingerprint density at radius 1 is 0.921 bits per heavy atom. The van der Waals surface area contributed by atoms with Crippen molar-refractivity contribution in [1.29, 1.82) is 0 Å². The van der Waals surface area contributed by atoms with Crippen LogP contribution in [0.2, 0.25) is 0 Å². The molecular formula is C28H31BrFN3O4S. The van der Waals surface area contributed by atoms with Gasteiger partial charge >= 0.3 is 0 Å². The van der Waals surface area contributed by atoms with Gasteiger partial charge in [-0.05, 0) is 65.2 Å². The lowest BCUT2D eigenvalue weighted by Crippen LogP contribution is -2.54. The number of carbonyl (C=O) groups is 2. The molecule has 1 N–H and O–H groups in total. The van der Waals surface area contributed by atoms with Crippen LogP contribution in [0.5, 0.6) is 0 Å². The first kappa shape index (κ1) is 29.3. The van der Waals surface area contributed by atoms with Crippen molar-refractivity contribution >= 4 is 43.5 Å². The summed E-state index contributed by atoms with van der Waals surface area (Å²) < 4.78 is 40.7. The van der Waals surface area contributed by atoms with Gasteiger partial charge in [-0.2, -0.15) is 0 Å². The summed E-state index contributed by atoms with van der Waals surface area (Å²) in [4.78, 5) is 28.7. The highest BCUT2D eigenvalue weighted by Crippen LogP contribution is 2.28. The predicted molar refractivity (Wildman–Crippen MR) is 150 cm³/mol. The van der Waals surface area contributed by atoms with Gasteiger partial charge in [0.2, 0.25) is 21.8 Å². The first-order valence-corrected chi connectivity index (χ1v) is 14.7. The smallest absolute Gasteiger partial charge is 0.244 e. The van der Waals surface area contributed by atoms with Gasteiger partial charge in [-0.3, -0.25) is 13.9 Å². The number of halogens is 2. The Labute approximate surface area is 231 Å². The molecule has 0 saturated carbocycles. The van der Waals surface area contributed by atoms with Crippen LogP contribution in [0, 0.1) is 5.82 Å². The molecule has 0 aromatic heterocycles. The number of nitrogens with zero attached hydrogens (tertiary/aromatic N) is 2. The Morgan fingerprint density at radius 3 is 2.11 bits per heavy atom. The lowest BCUT2D eigenvalue weighted by atomic mass is 10.0. The molecule has 0 heterocycles. The third-order valence-electron chi connectivity index (χ3n) is 5.77. The summed E-state index contributed by atoms with van der Waals surface area (Å²) in [6, 6.07) is 20.5. The molecule has 7 nitrogen and oxygen atoms in total. The highest BCUT2D eigenvalue weighted by Gasteiger charge is 2.33. The molecule has 1 unspecified atom stereocenters. The van der Waals surface area contributed by atoms with Crippen molar-refractivity contribution in [2.24, 2.45) is 0 Å². The van der Waals surface area contributed by atoms with Crippen molar-refractivity contribution in [2.45, 2.75) is 38.9 Å². The number of benzene rings is 3. The van der Waals surface area contributed by atoms with Crippen molar-refractivity contribution in [3.63, 3.8) is 0 Å². The van der Waals surface area contributed by atoms with Crippen LogP contribution in [0.15, 0.2) is 83.3 Å². The number of hydrogen-bond donors (Lipinski definition) is 1. The predicted octanol–water partition coefficient (Wildman–Crippen LogP) is 4.52. The van der Waals surface area contributed by atoms with Gasteiger partial charge in [0, 0.05) is 23.5 Å². The van der Waals surface area contributed by atoms with E-state index >= 15 is 0 Å². The van der Waals surface area contributed by atoms with Gasteiger partial charge in [-0.15, -0.1) is 0 Å². The average Bonchev–Trinajstić information content (AvgIpc) is 2.85. The maximum atomic E-state index is 13.9. The van der Waals surface area contributed by atoms with Crippen LogP contribution in [0.3, 0.4) is 0 Å². The quantitative estimate of drug-likeness (QED) is 0.349. The molecule has 10 heteroatoms. The number of sulfonamides is 1. The van der Waals surface area contributed by atoms with E-state index < -0.39 is 34.3 Å². The van der Waals surface area contributed by atoms with Gasteiger partial charge in [0.1, 0.15) is 18.4 Å². The van der Waals surface area contributed by atoms with Crippen molar-refractivity contribution in [3.05, 3.63) is 100 Å². The second kappa shape index (κ2) is 13.0. The number of nitrogens with one attached hydrogen (secondary N) is 1. The minimum absolute atomic E-state index is 0.0182. The summed E-state index contributed by atoms with van der Waals surface area (Å²) in [7, 11) is -3.87. The molecule has 38 heavy (non-hydrogen) atoms. The Morgan fingerprint density at radius 2 is 1.53 bits per heavy atom. The average molecular weight is 605 g/mol. The fourth-order valence-electron chi connectivity index (χ4n) is 3.97. The highest BCUT2D eigenvalue weighted by molar-refractivity contribution is 9.10. The fourth-order valence-corrected chi connectivity index (χ4v) is 5.45. The SMILES string of the molecule is CC(C)NC(=O)C(Cc1ccccc1)N(Cc1ccc(F)cc1)C(=O)CN(c1ccccc1Br)S(C)(=O)=O. The van der Waals surface area contributed by atoms with Crippen LogP contribution in [0.1, 0.15) is 25.0 Å². The van der Waals surface area contributed by atoms with E-state index in [0.29, 0.717) is 15.7 Å². The molecule has 0 saturated heterocycles. The van der Waals surface area contributed by atoms with Crippen LogP contribution < -0.4 is 9.62 Å². The second-order valence-corrected chi connectivity index (χ2v) is 12.0. The topological polar surface area (TPSA) is 86.8 Å². The van der Waals surface area contributed by atoms with Crippen LogP contribution in [0.25, 0.3) is 0 Å². The molecular weight excluding hydrogens is 573 g/mol. The molecule has 0 radical (unpaired) electrons. The zero-order valence-electron chi connectivity index (χ0n) is 21.5. The monoisotopic (exact) mass is 603 g/mol. The van der Waals surface area contributed by atoms with Gasteiger partial charge in [-0.25, -0.2) is 12.8 Å². The van der Waals surface area contributed by atoms with E-state index in [2.05, 4.69) is 21.2 Å². The minimum atomic E-state index is -3.87. The molecule has 3 aromatic rings. The number of para-hydroxylation sites is 1. The largest absolute Gasteiger partial charge is 0.352 e. The van der Waals surface area contributed by atoms with Crippen LogP contribution in [-0.2, 0) is 32.6 Å². The van der Waals surface area contributed by atoms with E-state index in [1.54, 1.807) is 24.3 Å². The third kappa shape index (κ3) is 8.13. The summed E-state index contributed by atoms with van der Waals surface area (Å²) in [5, 5.41) is 2.89. The summed E-state index contributed by atoms with van der Waals surface area (Å²) in [5.74, 6) is -1.37. The first-order chi connectivity index (χ1) is 18.0. The molecule has 1 atom stereocenters. The Kier molecular flexibility index (Phi) is 10.0. The number of anilines is 1. The van der Waals surface area contributed by atoms with Gasteiger partial charge in [-0.1, -0.05) is 54.6 Å². The Bertz CT molecular complexity index is 1350. The van der Waals surface area contributed by atoms with E-state index in [0.717, 1.165) is 16.1 Å². The molecule has 0 aliphatic heterocycles. The van der Waals surface area contributed by atoms with Crippen molar-refractivity contribution < 1.29 is 22.4 Å². The van der Waals surface area contributed by atoms with E-state index in [9.17, 15) is 22.4 Å². The first-order valence-electron chi connectivity index (χ1n) is 12.1. The van der Waals surface area contributed by atoms with E-state index in [-0.39, 0.29) is 24.9 Å². The molecule has 2 amide bonds. The van der Waals surface area contributed by atoms with E-state index in [1.807, 2.05) is 44.2 Å². The van der Waals surface area contributed by atoms with Crippen LogP contribution >= 0.6 is 15.9 Å². The van der Waals surface area contributed by atoms with Crippen LogP contribution in [-0.4, -0.2) is 50.0 Å². The molecule has 202 valence electrons.